The van der Waals surface area contributed by atoms with Crippen molar-refractivity contribution in [3.63, 3.8) is 0 Å². The van der Waals surface area contributed by atoms with Crippen molar-refractivity contribution in [2.75, 3.05) is 45.1 Å². The molecule has 0 unspecified atom stereocenters. The van der Waals surface area contributed by atoms with Crippen LogP contribution in [0, 0.1) is 0 Å². The van der Waals surface area contributed by atoms with E-state index in [4.69, 9.17) is 37.4 Å². The molecular formula is C41H42Cl2N10O5. The van der Waals surface area contributed by atoms with Gasteiger partial charge >= 0.3 is 0 Å². The van der Waals surface area contributed by atoms with Gasteiger partial charge in [-0.3, -0.25) is 14.3 Å². The van der Waals surface area contributed by atoms with Gasteiger partial charge in [0.1, 0.15) is 23.9 Å². The molecule has 0 radical (unpaired) electrons. The van der Waals surface area contributed by atoms with Gasteiger partial charge in [-0.15, -0.1) is 0 Å². The van der Waals surface area contributed by atoms with Crippen molar-refractivity contribution in [3.8, 4) is 17.2 Å². The van der Waals surface area contributed by atoms with Crippen LogP contribution in [0.3, 0.4) is 0 Å². The van der Waals surface area contributed by atoms with E-state index in [0.717, 1.165) is 33.6 Å². The molecule has 0 spiro atoms. The molecule has 0 atom stereocenters. The number of aromatic nitrogens is 6. The molecule has 2 amide bonds. The number of hydrogen-bond acceptors (Lipinski definition) is 12. The van der Waals surface area contributed by atoms with E-state index in [1.807, 2.05) is 37.5 Å². The number of nitrogens with zero attached hydrogens (tertiary/aromatic N) is 6. The summed E-state index contributed by atoms with van der Waals surface area (Å²) in [4.78, 5) is 43.0. The Bertz CT molecular complexity index is 2340. The summed E-state index contributed by atoms with van der Waals surface area (Å²) in [5.74, 6) is 1.89. The Balaban J connectivity index is 0.949. The Morgan fingerprint density at radius 1 is 0.690 bits per heavy atom. The molecule has 0 aliphatic rings. The SMILES string of the molecule is CNC(=O)c1cc(CCc2cnc(Nc3ccc(OCCNC(=O)c4cc(CCc5cnc(Nc6cnn(C)c6)nc5)c(Cl)c(OC)c4)cc3)nc2)c(Cl)c(OC)c1. The molecular weight excluding hydrogens is 783 g/mol. The van der Waals surface area contributed by atoms with Gasteiger partial charge in [0.2, 0.25) is 11.9 Å². The molecule has 4 N–H and O–H groups in total. The van der Waals surface area contributed by atoms with Gasteiger partial charge in [0.05, 0.1) is 42.7 Å². The van der Waals surface area contributed by atoms with Crippen LogP contribution in [0.1, 0.15) is 43.0 Å². The highest BCUT2D eigenvalue weighted by Crippen LogP contribution is 2.32. The molecule has 0 saturated carbocycles. The number of nitrogens with one attached hydrogen (secondary N) is 4. The van der Waals surface area contributed by atoms with Crippen LogP contribution in [-0.4, -0.2) is 75.9 Å². The quantitative estimate of drug-likeness (QED) is 0.0688. The Morgan fingerprint density at radius 3 is 1.69 bits per heavy atom. The largest absolute Gasteiger partial charge is 0.495 e. The zero-order valence-corrected chi connectivity index (χ0v) is 33.8. The molecule has 3 heterocycles. The highest BCUT2D eigenvalue weighted by Gasteiger charge is 2.16. The number of halogens is 2. The standard InChI is InChI=1S/C41H42Cl2N10O5/c1-44-38(54)29-15-27(36(42)34(17-29)56-3)7-5-25-19-46-40(47-20-25)51-31-9-11-33(12-10-31)58-14-13-45-39(55)30-16-28(37(43)35(18-30)57-4)8-6-26-21-48-41(49-22-26)52-32-23-50-53(2)24-32/h9-12,15-24H,5-8,13-14H2,1-4H3,(H,44,54)(H,45,55)(H,46,47,51)(H,48,49,52). The fourth-order valence-electron chi connectivity index (χ4n) is 5.85. The number of methoxy groups -OCH3 is 2. The van der Waals surface area contributed by atoms with E-state index >= 15 is 0 Å². The first-order valence-corrected chi connectivity index (χ1v) is 19.0. The van der Waals surface area contributed by atoms with Crippen LogP contribution >= 0.6 is 23.2 Å². The first kappa shape index (κ1) is 41.2. The number of amides is 2. The highest BCUT2D eigenvalue weighted by molar-refractivity contribution is 6.33. The van der Waals surface area contributed by atoms with E-state index in [2.05, 4.69) is 46.3 Å². The summed E-state index contributed by atoms with van der Waals surface area (Å²) in [5.41, 5.74) is 5.83. The number of rotatable bonds is 18. The van der Waals surface area contributed by atoms with Gasteiger partial charge in [-0.25, -0.2) is 19.9 Å². The van der Waals surface area contributed by atoms with Crippen molar-refractivity contribution >= 4 is 58.3 Å². The van der Waals surface area contributed by atoms with Crippen LogP contribution in [0.25, 0.3) is 0 Å². The molecule has 0 bridgehead atoms. The Hall–Kier alpha value is -6.45. The van der Waals surface area contributed by atoms with Gasteiger partial charge < -0.3 is 35.5 Å². The summed E-state index contributed by atoms with van der Waals surface area (Å²) in [7, 11) is 6.44. The molecule has 300 valence electrons. The van der Waals surface area contributed by atoms with Crippen molar-refractivity contribution in [1.29, 1.82) is 0 Å². The molecule has 0 aliphatic heterocycles. The smallest absolute Gasteiger partial charge is 0.251 e. The van der Waals surface area contributed by atoms with Gasteiger partial charge in [0, 0.05) is 61.9 Å². The summed E-state index contributed by atoms with van der Waals surface area (Å²) in [6, 6.07) is 14.1. The van der Waals surface area contributed by atoms with Crippen molar-refractivity contribution in [3.05, 3.63) is 129 Å². The lowest BCUT2D eigenvalue weighted by Gasteiger charge is -2.13. The Kier molecular flexibility index (Phi) is 13.9. The van der Waals surface area contributed by atoms with Crippen LogP contribution < -0.4 is 35.5 Å². The van der Waals surface area contributed by atoms with Gasteiger partial charge in [-0.2, -0.15) is 5.10 Å². The number of ether oxygens (including phenoxy) is 3. The third-order valence-electron chi connectivity index (χ3n) is 8.92. The molecule has 3 aromatic heterocycles. The van der Waals surface area contributed by atoms with Gasteiger partial charge in [0.15, 0.2) is 0 Å². The van der Waals surface area contributed by atoms with Gasteiger partial charge in [-0.05, 0) is 96.5 Å². The van der Waals surface area contributed by atoms with E-state index in [-0.39, 0.29) is 25.0 Å². The monoisotopic (exact) mass is 824 g/mol. The molecule has 58 heavy (non-hydrogen) atoms. The molecule has 17 heteroatoms. The summed E-state index contributed by atoms with van der Waals surface area (Å²) in [5, 5.41) is 16.9. The number of hydrogen-bond donors (Lipinski definition) is 4. The van der Waals surface area contributed by atoms with E-state index in [0.29, 0.717) is 76.0 Å². The third-order valence-corrected chi connectivity index (χ3v) is 9.78. The fourth-order valence-corrected chi connectivity index (χ4v) is 6.41. The Labute approximate surface area is 345 Å². The van der Waals surface area contributed by atoms with Crippen molar-refractivity contribution < 1.29 is 23.8 Å². The molecule has 0 aliphatic carbocycles. The van der Waals surface area contributed by atoms with Crippen LogP contribution in [0.5, 0.6) is 17.2 Å². The Morgan fingerprint density at radius 2 is 1.21 bits per heavy atom. The second-order valence-corrected chi connectivity index (χ2v) is 13.7. The number of aryl methyl sites for hydroxylation is 5. The molecule has 6 aromatic rings. The summed E-state index contributed by atoms with van der Waals surface area (Å²) >= 11 is 13.1. The average Bonchev–Trinajstić information content (AvgIpc) is 3.66. The molecule has 0 fully saturated rings. The molecule has 3 aromatic carbocycles. The maximum atomic E-state index is 13.1. The van der Waals surface area contributed by atoms with Crippen LogP contribution in [0.4, 0.5) is 23.3 Å². The number of carbonyl (C=O) groups is 2. The molecule has 15 nitrogen and oxygen atoms in total. The zero-order chi connectivity index (χ0) is 41.0. The van der Waals surface area contributed by atoms with Gasteiger partial charge in [0.25, 0.3) is 11.8 Å². The predicted octanol–water partition coefficient (Wildman–Crippen LogP) is 6.55. The summed E-state index contributed by atoms with van der Waals surface area (Å²) in [6.07, 6.45) is 12.8. The first-order valence-electron chi connectivity index (χ1n) is 18.2. The zero-order valence-electron chi connectivity index (χ0n) is 32.3. The van der Waals surface area contributed by atoms with Crippen LogP contribution in [-0.2, 0) is 32.7 Å². The number of benzene rings is 3. The van der Waals surface area contributed by atoms with Gasteiger partial charge in [-0.1, -0.05) is 23.2 Å². The van der Waals surface area contributed by atoms with Crippen LogP contribution in [0.2, 0.25) is 10.0 Å². The minimum atomic E-state index is -0.279. The van der Waals surface area contributed by atoms with Crippen LogP contribution in [0.15, 0.2) is 85.7 Å². The van der Waals surface area contributed by atoms with E-state index in [1.54, 1.807) is 67.0 Å². The van der Waals surface area contributed by atoms with Crippen molar-refractivity contribution in [2.45, 2.75) is 25.7 Å². The fraction of sp³-hybridized carbons (Fsp3) is 0.244. The number of carbonyl (C=O) groups excluding carboxylic acids is 2. The number of anilines is 4. The van der Waals surface area contributed by atoms with E-state index in [1.165, 1.54) is 14.2 Å². The lowest BCUT2D eigenvalue weighted by Crippen LogP contribution is -2.28. The first-order chi connectivity index (χ1) is 28.1. The summed E-state index contributed by atoms with van der Waals surface area (Å²) < 4.78 is 18.4. The normalized spacial score (nSPS) is 10.8. The lowest BCUT2D eigenvalue weighted by molar-refractivity contribution is 0.0943. The second kappa shape index (κ2) is 19.6. The van der Waals surface area contributed by atoms with E-state index in [9.17, 15) is 9.59 Å². The third kappa shape index (κ3) is 10.9. The lowest BCUT2D eigenvalue weighted by atomic mass is 10.0. The average molecular weight is 826 g/mol. The second-order valence-electron chi connectivity index (χ2n) is 13.0. The van der Waals surface area contributed by atoms with Crippen molar-refractivity contribution in [2.24, 2.45) is 7.05 Å². The maximum absolute atomic E-state index is 13.1. The topological polar surface area (TPSA) is 179 Å². The van der Waals surface area contributed by atoms with Crippen molar-refractivity contribution in [1.82, 2.24) is 40.3 Å². The maximum Gasteiger partial charge on any atom is 0.251 e. The van der Waals surface area contributed by atoms with E-state index < -0.39 is 0 Å². The highest BCUT2D eigenvalue weighted by atomic mass is 35.5. The molecule has 6 rings (SSSR count). The minimum Gasteiger partial charge on any atom is -0.495 e. The summed E-state index contributed by atoms with van der Waals surface area (Å²) in [6.45, 7) is 0.524. The predicted molar refractivity (Wildman–Crippen MR) is 222 cm³/mol. The minimum absolute atomic E-state index is 0.220. The molecule has 0 saturated heterocycles.